The minimum absolute atomic E-state index is 0.400. The molecule has 1 unspecified atom stereocenters. The largest absolute Gasteiger partial charge is 0.229 e. The van der Waals surface area contributed by atoms with Crippen LogP contribution >= 0.6 is 0 Å². The van der Waals surface area contributed by atoms with Gasteiger partial charge in [0.25, 0.3) is 0 Å². The van der Waals surface area contributed by atoms with Crippen molar-refractivity contribution in [1.82, 2.24) is 4.31 Å². The van der Waals surface area contributed by atoms with Crippen LogP contribution < -0.4 is 0 Å². The molecule has 0 amide bonds. The molecule has 4 nitrogen and oxygen atoms in total. The van der Waals surface area contributed by atoms with Crippen molar-refractivity contribution < 1.29 is 8.42 Å². The van der Waals surface area contributed by atoms with E-state index in [2.05, 4.69) is 0 Å². The van der Waals surface area contributed by atoms with Crippen molar-refractivity contribution >= 4 is 10.0 Å². The quantitative estimate of drug-likeness (QED) is 0.651. The molecule has 12 heavy (non-hydrogen) atoms. The zero-order valence-electron chi connectivity index (χ0n) is 7.61. The average molecular weight is 190 g/mol. The van der Waals surface area contributed by atoms with E-state index in [9.17, 15) is 8.42 Å². The molecular weight excluding hydrogens is 176 g/mol. The van der Waals surface area contributed by atoms with E-state index < -0.39 is 15.3 Å². The first-order valence-corrected chi connectivity index (χ1v) is 5.28. The summed E-state index contributed by atoms with van der Waals surface area (Å²) in [4.78, 5) is 0. The lowest BCUT2D eigenvalue weighted by molar-refractivity contribution is 0.509. The van der Waals surface area contributed by atoms with Crippen LogP contribution in [0.2, 0.25) is 0 Å². The predicted molar refractivity (Wildman–Crippen MR) is 46.9 cm³/mol. The van der Waals surface area contributed by atoms with Gasteiger partial charge in [-0.05, 0) is 6.42 Å². The smallest absolute Gasteiger partial charge is 0.211 e. The second-order valence-electron chi connectivity index (χ2n) is 2.73. The Labute approximate surface area is 73.8 Å². The molecule has 0 bridgehead atoms. The van der Waals surface area contributed by atoms with Gasteiger partial charge in [0.2, 0.25) is 10.0 Å². The summed E-state index contributed by atoms with van der Waals surface area (Å²) in [6.07, 6.45) is 1.10. The van der Waals surface area contributed by atoms with Crippen LogP contribution in [-0.4, -0.2) is 32.1 Å². The Morgan fingerprint density at radius 3 is 2.25 bits per heavy atom. The van der Waals surface area contributed by atoms with Gasteiger partial charge in [-0.2, -0.15) is 5.26 Å². The summed E-state index contributed by atoms with van der Waals surface area (Å²) in [5.74, 6) is 0. The van der Waals surface area contributed by atoms with Crippen molar-refractivity contribution in [2.45, 2.75) is 25.0 Å². The van der Waals surface area contributed by atoms with E-state index in [0.717, 1.165) is 4.31 Å². The second kappa shape index (κ2) is 4.43. The molecule has 0 aliphatic carbocycles. The minimum atomic E-state index is -3.38. The average Bonchev–Trinajstić information content (AvgIpc) is 1.99. The molecule has 0 radical (unpaired) electrons. The molecule has 0 aliphatic heterocycles. The molecule has 0 heterocycles. The third-order valence-corrected chi connectivity index (χ3v) is 3.64. The van der Waals surface area contributed by atoms with Gasteiger partial charge in [0.05, 0.1) is 6.07 Å². The van der Waals surface area contributed by atoms with Gasteiger partial charge < -0.3 is 0 Å². The van der Waals surface area contributed by atoms with E-state index in [1.807, 2.05) is 6.92 Å². The fourth-order valence-electron chi connectivity index (χ4n) is 0.797. The summed E-state index contributed by atoms with van der Waals surface area (Å²) in [6, 6.07) is 1.79. The highest BCUT2D eigenvalue weighted by Gasteiger charge is 2.26. The van der Waals surface area contributed by atoms with Crippen LogP contribution in [0.4, 0.5) is 0 Å². The highest BCUT2D eigenvalue weighted by atomic mass is 32.2. The molecule has 70 valence electrons. The van der Waals surface area contributed by atoms with E-state index in [4.69, 9.17) is 5.26 Å². The highest BCUT2D eigenvalue weighted by molar-refractivity contribution is 7.89. The van der Waals surface area contributed by atoms with Crippen LogP contribution in [0.1, 0.15) is 19.8 Å². The van der Waals surface area contributed by atoms with E-state index in [0.29, 0.717) is 12.8 Å². The Kier molecular flexibility index (Phi) is 4.21. The van der Waals surface area contributed by atoms with Crippen molar-refractivity contribution in [2.75, 3.05) is 14.1 Å². The molecule has 0 saturated heterocycles. The molecule has 0 aromatic rings. The van der Waals surface area contributed by atoms with E-state index in [1.54, 1.807) is 6.07 Å². The maximum absolute atomic E-state index is 11.4. The van der Waals surface area contributed by atoms with Crippen LogP contribution in [0, 0.1) is 11.3 Å². The van der Waals surface area contributed by atoms with Gasteiger partial charge in [0.1, 0.15) is 0 Å². The molecule has 0 fully saturated rings. The molecule has 0 saturated carbocycles. The van der Waals surface area contributed by atoms with Gasteiger partial charge in [-0.25, -0.2) is 12.7 Å². The standard InChI is InChI=1S/C7H14N2O2S/c1-4-5-7(6-8)12(10,11)9(2)3/h7H,4-5H2,1-3H3. The van der Waals surface area contributed by atoms with Gasteiger partial charge in [0.15, 0.2) is 5.25 Å². The van der Waals surface area contributed by atoms with Crippen molar-refractivity contribution in [3.05, 3.63) is 0 Å². The molecule has 5 heteroatoms. The lowest BCUT2D eigenvalue weighted by Gasteiger charge is -2.14. The van der Waals surface area contributed by atoms with Crippen LogP contribution in [0.15, 0.2) is 0 Å². The van der Waals surface area contributed by atoms with E-state index >= 15 is 0 Å². The van der Waals surface area contributed by atoms with Crippen LogP contribution in [0.3, 0.4) is 0 Å². The fourth-order valence-corrected chi connectivity index (χ4v) is 1.97. The van der Waals surface area contributed by atoms with Gasteiger partial charge in [-0.1, -0.05) is 13.3 Å². The third-order valence-electron chi connectivity index (χ3n) is 1.56. The lowest BCUT2D eigenvalue weighted by Crippen LogP contribution is -2.32. The maximum Gasteiger partial charge on any atom is 0.229 e. The normalized spacial score (nSPS) is 14.2. The fraction of sp³-hybridized carbons (Fsp3) is 0.857. The SMILES string of the molecule is CCCC(C#N)S(=O)(=O)N(C)C. The van der Waals surface area contributed by atoms with Crippen LogP contribution in [0.5, 0.6) is 0 Å². The number of nitrogens with zero attached hydrogens (tertiary/aromatic N) is 2. The molecule has 0 aromatic heterocycles. The molecule has 0 aliphatic rings. The summed E-state index contributed by atoms with van der Waals surface area (Å²) in [7, 11) is -0.499. The number of hydrogen-bond donors (Lipinski definition) is 0. The first-order chi connectivity index (χ1) is 5.46. The number of rotatable bonds is 4. The summed E-state index contributed by atoms with van der Waals surface area (Å²) >= 11 is 0. The van der Waals surface area contributed by atoms with E-state index in [1.165, 1.54) is 14.1 Å². The third kappa shape index (κ3) is 2.47. The van der Waals surface area contributed by atoms with Gasteiger partial charge in [-0.15, -0.1) is 0 Å². The Morgan fingerprint density at radius 2 is 2.00 bits per heavy atom. The molecule has 0 aromatic carbocycles. The summed E-state index contributed by atoms with van der Waals surface area (Å²) in [5, 5.41) is 7.69. The summed E-state index contributed by atoms with van der Waals surface area (Å²) in [5.41, 5.74) is 0. The molecule has 0 rings (SSSR count). The van der Waals surface area contributed by atoms with Crippen molar-refractivity contribution in [1.29, 1.82) is 5.26 Å². The molecule has 0 N–H and O–H groups in total. The van der Waals surface area contributed by atoms with Gasteiger partial charge in [0, 0.05) is 14.1 Å². The zero-order valence-corrected chi connectivity index (χ0v) is 8.43. The monoisotopic (exact) mass is 190 g/mol. The Hall–Kier alpha value is -0.600. The Morgan fingerprint density at radius 1 is 1.50 bits per heavy atom. The minimum Gasteiger partial charge on any atom is -0.211 e. The van der Waals surface area contributed by atoms with Gasteiger partial charge in [-0.3, -0.25) is 0 Å². The van der Waals surface area contributed by atoms with Crippen molar-refractivity contribution in [2.24, 2.45) is 0 Å². The second-order valence-corrected chi connectivity index (χ2v) is 5.06. The van der Waals surface area contributed by atoms with Crippen molar-refractivity contribution in [3.8, 4) is 6.07 Å². The first kappa shape index (κ1) is 11.4. The first-order valence-electron chi connectivity index (χ1n) is 3.77. The maximum atomic E-state index is 11.4. The number of sulfonamides is 1. The summed E-state index contributed by atoms with van der Waals surface area (Å²) in [6.45, 7) is 1.86. The molecule has 0 spiro atoms. The van der Waals surface area contributed by atoms with E-state index in [-0.39, 0.29) is 0 Å². The van der Waals surface area contributed by atoms with Crippen molar-refractivity contribution in [3.63, 3.8) is 0 Å². The highest BCUT2D eigenvalue weighted by Crippen LogP contribution is 2.10. The Balaban J connectivity index is 4.65. The van der Waals surface area contributed by atoms with Gasteiger partial charge >= 0.3 is 0 Å². The summed E-state index contributed by atoms with van der Waals surface area (Å²) < 4.78 is 23.8. The lowest BCUT2D eigenvalue weighted by atomic mass is 10.3. The topological polar surface area (TPSA) is 61.2 Å². The number of nitriles is 1. The molecule has 1 atom stereocenters. The predicted octanol–water partition coefficient (Wildman–Crippen LogP) is 0.570. The number of hydrogen-bond acceptors (Lipinski definition) is 3. The zero-order chi connectivity index (χ0) is 9.78. The van der Waals surface area contributed by atoms with Crippen LogP contribution in [-0.2, 0) is 10.0 Å². The molecular formula is C7H14N2O2S. The van der Waals surface area contributed by atoms with Crippen LogP contribution in [0.25, 0.3) is 0 Å². The Bertz CT molecular complexity index is 264.